The third kappa shape index (κ3) is 3.99. The Morgan fingerprint density at radius 1 is 1.35 bits per heavy atom. The van der Waals surface area contributed by atoms with E-state index in [4.69, 9.17) is 22.1 Å². The molecule has 2 bridgehead atoms. The maximum Gasteiger partial charge on any atom is 0.109 e. The first-order valence-electron chi connectivity index (χ1n) is 5.00. The second-order valence-electron chi connectivity index (χ2n) is 4.13. The second kappa shape index (κ2) is 9.04. The Hall–Kier alpha value is 2.01. The van der Waals surface area contributed by atoms with E-state index in [1.165, 1.54) is 0 Å². The molecule has 1 aliphatic carbocycles. The Labute approximate surface area is 148 Å². The van der Waals surface area contributed by atoms with E-state index >= 15 is 0 Å². The summed E-state index contributed by atoms with van der Waals surface area (Å²) in [6, 6.07) is -0.214. The molecule has 0 amide bonds. The standard InChI is InChI=1S/C10H16BO3.3W/c1-12-6-10-5-3-4-7(8(10)13-2)9(11)14-10;;;/h3,7-9H,4-6H2,1-2H3;;;/q-1;;;/t7-,8?,9+,10+;;;/m0.../s1. The summed E-state index contributed by atoms with van der Waals surface area (Å²) in [5.74, 6) is 0.281. The van der Waals surface area contributed by atoms with Crippen LogP contribution in [0.2, 0.25) is 0 Å². The number of fused-ring (bicyclic) bond motifs is 2. The van der Waals surface area contributed by atoms with E-state index in [9.17, 15) is 0 Å². The van der Waals surface area contributed by atoms with Gasteiger partial charge in [-0.05, 0) is 5.92 Å². The fraction of sp³-hybridized carbons (Fsp3) is 0.900. The van der Waals surface area contributed by atoms with Crippen LogP contribution in [-0.4, -0.2) is 46.4 Å². The van der Waals surface area contributed by atoms with E-state index in [2.05, 4.69) is 6.42 Å². The summed E-state index contributed by atoms with van der Waals surface area (Å²) in [5.41, 5.74) is -0.341. The van der Waals surface area contributed by atoms with Crippen LogP contribution in [0.3, 0.4) is 0 Å². The molecule has 7 heteroatoms. The minimum Gasteiger partial charge on any atom is -0.382 e. The predicted molar refractivity (Wildman–Crippen MR) is 53.1 cm³/mol. The fourth-order valence-corrected chi connectivity index (χ4v) is 2.74. The molecule has 1 unspecified atom stereocenters. The molecule has 2 rings (SSSR count). The molecule has 96 valence electrons. The van der Waals surface area contributed by atoms with Crippen LogP contribution in [0.4, 0.5) is 0 Å². The summed E-state index contributed by atoms with van der Waals surface area (Å²) in [4.78, 5) is 0. The molecule has 2 fully saturated rings. The fourth-order valence-electron chi connectivity index (χ4n) is 2.74. The van der Waals surface area contributed by atoms with Crippen molar-refractivity contribution >= 4 is 7.85 Å². The summed E-state index contributed by atoms with van der Waals surface area (Å²) in [7, 11) is 9.32. The van der Waals surface area contributed by atoms with Gasteiger partial charge in [0.2, 0.25) is 0 Å². The SMILES string of the molecule is [B][C@@H]1O[C@@]2(COC)C[CH-]C[C@H]1C2OC.[W].[W].[W]. The summed E-state index contributed by atoms with van der Waals surface area (Å²) in [5, 5.41) is 0. The molecular formula is C10H16BO3W3-. The number of hydrogen-bond acceptors (Lipinski definition) is 3. The molecule has 0 aromatic heterocycles. The zero-order valence-electron chi connectivity index (χ0n) is 9.96. The molecule has 0 aromatic rings. The normalized spacial score (nSPS) is 38.6. The van der Waals surface area contributed by atoms with Gasteiger partial charge in [0.05, 0.1) is 18.3 Å². The molecule has 1 saturated heterocycles. The van der Waals surface area contributed by atoms with Gasteiger partial charge in [0, 0.05) is 83.4 Å². The van der Waals surface area contributed by atoms with Gasteiger partial charge in [-0.1, -0.05) is 0 Å². The third-order valence-corrected chi connectivity index (χ3v) is 3.27. The van der Waals surface area contributed by atoms with E-state index in [0.717, 1.165) is 12.8 Å². The van der Waals surface area contributed by atoms with Crippen LogP contribution in [0.25, 0.3) is 0 Å². The number of methoxy groups -OCH3 is 2. The zero-order valence-corrected chi connectivity index (χ0v) is 18.8. The zero-order chi connectivity index (χ0) is 10.2. The molecule has 3 nitrogen and oxygen atoms in total. The van der Waals surface area contributed by atoms with Crippen molar-refractivity contribution in [1.29, 1.82) is 0 Å². The quantitative estimate of drug-likeness (QED) is 0.312. The monoisotopic (exact) mass is 747 g/mol. The number of rotatable bonds is 3. The van der Waals surface area contributed by atoms with Gasteiger partial charge < -0.3 is 20.6 Å². The molecule has 2 aliphatic rings. The van der Waals surface area contributed by atoms with Gasteiger partial charge in [0.1, 0.15) is 7.85 Å². The Bertz CT molecular complexity index is 219. The van der Waals surface area contributed by atoms with Crippen LogP contribution in [0, 0.1) is 12.3 Å². The van der Waals surface area contributed by atoms with Gasteiger partial charge >= 0.3 is 0 Å². The van der Waals surface area contributed by atoms with E-state index in [-0.39, 0.29) is 86.8 Å². The summed E-state index contributed by atoms with van der Waals surface area (Å²) in [6.07, 6.45) is 4.14. The van der Waals surface area contributed by atoms with E-state index in [0.29, 0.717) is 6.61 Å². The van der Waals surface area contributed by atoms with Gasteiger partial charge in [0.25, 0.3) is 0 Å². The van der Waals surface area contributed by atoms with Gasteiger partial charge in [-0.25, -0.2) is 0 Å². The van der Waals surface area contributed by atoms with E-state index in [1.807, 2.05) is 0 Å². The topological polar surface area (TPSA) is 27.7 Å². The Morgan fingerprint density at radius 2 is 2.00 bits per heavy atom. The second-order valence-corrected chi connectivity index (χ2v) is 4.13. The van der Waals surface area contributed by atoms with Crippen LogP contribution >= 0.6 is 0 Å². The average Bonchev–Trinajstić information content (AvgIpc) is 2.30. The summed E-state index contributed by atoms with van der Waals surface area (Å²) in [6.45, 7) is 0.548. The first kappa shape index (κ1) is 21.3. The predicted octanol–water partition coefficient (Wildman–Crippen LogP) is 0.518. The Balaban J connectivity index is 0. The van der Waals surface area contributed by atoms with Crippen LogP contribution < -0.4 is 0 Å². The van der Waals surface area contributed by atoms with Crippen molar-refractivity contribution in [2.45, 2.75) is 30.5 Å². The van der Waals surface area contributed by atoms with Gasteiger partial charge in [-0.2, -0.15) is 6.42 Å². The van der Waals surface area contributed by atoms with Gasteiger partial charge in [-0.15, -0.1) is 6.42 Å². The third-order valence-electron chi connectivity index (χ3n) is 3.27. The van der Waals surface area contributed by atoms with Crippen molar-refractivity contribution < 1.29 is 77.4 Å². The first-order chi connectivity index (χ1) is 6.73. The summed E-state index contributed by atoms with van der Waals surface area (Å²) < 4.78 is 16.5. The minimum atomic E-state index is -0.341. The van der Waals surface area contributed by atoms with Crippen LogP contribution in [0.5, 0.6) is 0 Å². The van der Waals surface area contributed by atoms with Crippen LogP contribution in [0.1, 0.15) is 12.8 Å². The Kier molecular flexibility index (Phi) is 11.3. The number of hydrogen-bond donors (Lipinski definition) is 0. The molecule has 0 spiro atoms. The molecule has 0 N–H and O–H groups in total. The largest absolute Gasteiger partial charge is 0.382 e. The smallest absolute Gasteiger partial charge is 0.109 e. The molecule has 1 heterocycles. The summed E-state index contributed by atoms with van der Waals surface area (Å²) >= 11 is 0. The molecule has 2 radical (unpaired) electrons. The van der Waals surface area contributed by atoms with E-state index in [1.54, 1.807) is 14.2 Å². The molecule has 1 saturated carbocycles. The van der Waals surface area contributed by atoms with Crippen molar-refractivity contribution in [2.24, 2.45) is 5.92 Å². The van der Waals surface area contributed by atoms with Crippen LogP contribution in [-0.2, 0) is 77.4 Å². The first-order valence-corrected chi connectivity index (χ1v) is 5.00. The van der Waals surface area contributed by atoms with E-state index < -0.39 is 0 Å². The minimum absolute atomic E-state index is 0. The molecule has 1 aliphatic heterocycles. The molecular weight excluding hydrogens is 730 g/mol. The number of ether oxygens (including phenoxy) is 3. The average molecular weight is 747 g/mol. The molecule has 4 atom stereocenters. The van der Waals surface area contributed by atoms with Gasteiger partial charge in [-0.3, -0.25) is 0 Å². The maximum atomic E-state index is 5.92. The van der Waals surface area contributed by atoms with Crippen molar-refractivity contribution in [3.05, 3.63) is 6.42 Å². The van der Waals surface area contributed by atoms with Gasteiger partial charge in [0.15, 0.2) is 0 Å². The van der Waals surface area contributed by atoms with Crippen molar-refractivity contribution in [3.63, 3.8) is 0 Å². The van der Waals surface area contributed by atoms with Crippen molar-refractivity contribution in [2.75, 3.05) is 20.8 Å². The molecule has 17 heavy (non-hydrogen) atoms. The van der Waals surface area contributed by atoms with Crippen molar-refractivity contribution in [1.82, 2.24) is 0 Å². The Morgan fingerprint density at radius 3 is 2.53 bits per heavy atom. The maximum absolute atomic E-state index is 5.92. The van der Waals surface area contributed by atoms with Crippen LogP contribution in [0.15, 0.2) is 0 Å². The van der Waals surface area contributed by atoms with Crippen molar-refractivity contribution in [3.8, 4) is 0 Å². The molecule has 0 aromatic carbocycles.